The van der Waals surface area contributed by atoms with Crippen LogP contribution in [0.15, 0.2) is 18.2 Å². The molecular formula is C19H28N2O5. The normalized spacial score (nSPS) is 13.0. The number of primary amides is 1. The van der Waals surface area contributed by atoms with Gasteiger partial charge in [-0.1, -0.05) is 26.2 Å². The van der Waals surface area contributed by atoms with E-state index in [0.29, 0.717) is 24.9 Å². The van der Waals surface area contributed by atoms with Crippen LogP contribution in [0.1, 0.15) is 75.6 Å². The van der Waals surface area contributed by atoms with Crippen LogP contribution in [-0.2, 0) is 4.79 Å². The van der Waals surface area contributed by atoms with Crippen LogP contribution in [0.4, 0.5) is 5.69 Å². The number of nitrogens with zero attached hydrogens (tertiary/aromatic N) is 1. The molecule has 0 aliphatic rings. The molecule has 0 aliphatic heterocycles. The van der Waals surface area contributed by atoms with Gasteiger partial charge >= 0.3 is 0 Å². The highest BCUT2D eigenvalue weighted by Gasteiger charge is 2.27. The molecule has 26 heavy (non-hydrogen) atoms. The van der Waals surface area contributed by atoms with Crippen molar-refractivity contribution >= 4 is 17.9 Å². The van der Waals surface area contributed by atoms with Crippen molar-refractivity contribution in [3.63, 3.8) is 0 Å². The number of carbonyl (C=O) groups excluding carboxylic acids is 2. The maximum absolute atomic E-state index is 11.1. The zero-order valence-corrected chi connectivity index (χ0v) is 15.5. The van der Waals surface area contributed by atoms with E-state index < -0.39 is 10.5 Å². The lowest BCUT2D eigenvalue weighted by atomic mass is 9.91. The number of amides is 1. The predicted octanol–water partition coefficient (Wildman–Crippen LogP) is 4.17. The molecule has 7 nitrogen and oxygen atoms in total. The Kier molecular flexibility index (Phi) is 8.75. The van der Waals surface area contributed by atoms with Gasteiger partial charge < -0.3 is 10.5 Å². The van der Waals surface area contributed by atoms with E-state index in [2.05, 4.69) is 6.92 Å². The van der Waals surface area contributed by atoms with Crippen molar-refractivity contribution in [3.05, 3.63) is 33.9 Å². The summed E-state index contributed by atoms with van der Waals surface area (Å²) in [5.74, 6) is 0.0617. The van der Waals surface area contributed by atoms with Gasteiger partial charge in [-0.15, -0.1) is 0 Å². The van der Waals surface area contributed by atoms with Crippen molar-refractivity contribution in [2.75, 3.05) is 0 Å². The minimum Gasteiger partial charge on any atom is -0.488 e. The Morgan fingerprint density at radius 3 is 2.54 bits per heavy atom. The van der Waals surface area contributed by atoms with Gasteiger partial charge in [0.25, 0.3) is 5.69 Å². The molecule has 1 aromatic rings. The van der Waals surface area contributed by atoms with Gasteiger partial charge in [0.1, 0.15) is 11.4 Å². The van der Waals surface area contributed by atoms with Crippen molar-refractivity contribution in [1.82, 2.24) is 0 Å². The van der Waals surface area contributed by atoms with Crippen LogP contribution >= 0.6 is 0 Å². The molecule has 1 aromatic carbocycles. The minimum atomic E-state index is -0.593. The SMILES string of the molecule is CCCCCCC(C)(CCCC(N)=O)Oc1ccc([N+](=O)[O-])c(C=O)c1. The fourth-order valence-electron chi connectivity index (χ4n) is 2.93. The summed E-state index contributed by atoms with van der Waals surface area (Å²) < 4.78 is 6.11. The molecule has 2 N–H and O–H groups in total. The van der Waals surface area contributed by atoms with Crippen LogP contribution in [0.2, 0.25) is 0 Å². The average molecular weight is 364 g/mol. The second-order valence-corrected chi connectivity index (χ2v) is 6.78. The van der Waals surface area contributed by atoms with Gasteiger partial charge in [0.05, 0.1) is 10.5 Å². The quantitative estimate of drug-likeness (QED) is 0.244. The smallest absolute Gasteiger partial charge is 0.280 e. The number of nitro benzene ring substituents is 1. The third kappa shape index (κ3) is 7.21. The van der Waals surface area contributed by atoms with Crippen LogP contribution in [0.5, 0.6) is 5.75 Å². The largest absolute Gasteiger partial charge is 0.488 e. The lowest BCUT2D eigenvalue weighted by Gasteiger charge is -2.31. The zero-order valence-electron chi connectivity index (χ0n) is 15.5. The number of carbonyl (C=O) groups is 2. The van der Waals surface area contributed by atoms with E-state index >= 15 is 0 Å². The molecule has 144 valence electrons. The Hall–Kier alpha value is -2.44. The van der Waals surface area contributed by atoms with E-state index in [1.54, 1.807) is 0 Å². The van der Waals surface area contributed by atoms with Crippen molar-refractivity contribution in [3.8, 4) is 5.75 Å². The number of nitro groups is 1. The Labute approximate surface area is 154 Å². The molecule has 1 rings (SSSR count). The standard InChI is InChI=1S/C19H28N2O5/c1-3-4-5-6-11-19(2,12-7-8-18(20)23)26-16-9-10-17(21(24)25)15(13-16)14-22/h9-10,13-14H,3-8,11-12H2,1-2H3,(H2,20,23). The summed E-state index contributed by atoms with van der Waals surface area (Å²) in [6, 6.07) is 4.17. The summed E-state index contributed by atoms with van der Waals surface area (Å²) in [6.07, 6.45) is 7.11. The molecule has 0 aliphatic carbocycles. The number of hydrogen-bond donors (Lipinski definition) is 1. The van der Waals surface area contributed by atoms with Gasteiger partial charge in [0.2, 0.25) is 5.91 Å². The Morgan fingerprint density at radius 2 is 1.96 bits per heavy atom. The topological polar surface area (TPSA) is 113 Å². The van der Waals surface area contributed by atoms with E-state index in [4.69, 9.17) is 10.5 Å². The second kappa shape index (κ2) is 10.5. The molecule has 7 heteroatoms. The monoisotopic (exact) mass is 364 g/mol. The number of benzene rings is 1. The summed E-state index contributed by atoms with van der Waals surface area (Å²) in [4.78, 5) is 32.5. The molecular weight excluding hydrogens is 336 g/mol. The average Bonchev–Trinajstić information content (AvgIpc) is 2.58. The molecule has 0 aromatic heterocycles. The molecule has 1 unspecified atom stereocenters. The van der Waals surface area contributed by atoms with Crippen LogP contribution < -0.4 is 10.5 Å². The summed E-state index contributed by atoms with van der Waals surface area (Å²) in [7, 11) is 0. The van der Waals surface area contributed by atoms with Gasteiger partial charge in [-0.2, -0.15) is 0 Å². The highest BCUT2D eigenvalue weighted by Crippen LogP contribution is 2.31. The lowest BCUT2D eigenvalue weighted by molar-refractivity contribution is -0.385. The highest BCUT2D eigenvalue weighted by molar-refractivity contribution is 5.82. The predicted molar refractivity (Wildman–Crippen MR) is 99.3 cm³/mol. The summed E-state index contributed by atoms with van der Waals surface area (Å²) in [6.45, 7) is 4.10. The van der Waals surface area contributed by atoms with Crippen LogP contribution in [0.3, 0.4) is 0 Å². The first-order valence-electron chi connectivity index (χ1n) is 9.02. The van der Waals surface area contributed by atoms with Crippen LogP contribution in [0, 0.1) is 10.1 Å². The van der Waals surface area contributed by atoms with E-state index in [9.17, 15) is 19.7 Å². The molecule has 0 heterocycles. The Morgan fingerprint density at radius 1 is 1.27 bits per heavy atom. The van der Waals surface area contributed by atoms with Crippen LogP contribution in [0.25, 0.3) is 0 Å². The summed E-state index contributed by atoms with van der Waals surface area (Å²) in [5, 5.41) is 10.9. The fourth-order valence-corrected chi connectivity index (χ4v) is 2.93. The maximum Gasteiger partial charge on any atom is 0.280 e. The van der Waals surface area contributed by atoms with Crippen molar-refractivity contribution in [2.45, 2.75) is 70.8 Å². The van der Waals surface area contributed by atoms with Crippen molar-refractivity contribution in [1.29, 1.82) is 0 Å². The highest BCUT2D eigenvalue weighted by atomic mass is 16.6. The van der Waals surface area contributed by atoms with Gasteiger partial charge in [-0.25, -0.2) is 0 Å². The number of nitrogens with two attached hydrogens (primary N) is 1. The molecule has 0 saturated carbocycles. The number of unbranched alkanes of at least 4 members (excludes halogenated alkanes) is 3. The van der Waals surface area contributed by atoms with E-state index in [-0.39, 0.29) is 23.6 Å². The fraction of sp³-hybridized carbons (Fsp3) is 0.579. The van der Waals surface area contributed by atoms with Gasteiger partial charge in [-0.3, -0.25) is 19.7 Å². The molecule has 1 atom stereocenters. The number of hydrogen-bond acceptors (Lipinski definition) is 5. The second-order valence-electron chi connectivity index (χ2n) is 6.78. The van der Waals surface area contributed by atoms with E-state index in [1.165, 1.54) is 18.2 Å². The van der Waals surface area contributed by atoms with E-state index in [0.717, 1.165) is 32.1 Å². The first kappa shape index (κ1) is 21.6. The first-order chi connectivity index (χ1) is 12.3. The third-order valence-corrected chi connectivity index (χ3v) is 4.37. The lowest BCUT2D eigenvalue weighted by Crippen LogP contribution is -2.33. The number of ether oxygens (including phenoxy) is 1. The zero-order chi connectivity index (χ0) is 19.6. The Bertz CT molecular complexity index is 632. The Balaban J connectivity index is 2.90. The first-order valence-corrected chi connectivity index (χ1v) is 9.02. The summed E-state index contributed by atoms with van der Waals surface area (Å²) in [5.41, 5.74) is 4.43. The van der Waals surface area contributed by atoms with Gasteiger partial charge in [0, 0.05) is 12.5 Å². The van der Waals surface area contributed by atoms with Gasteiger partial charge in [-0.05, 0) is 44.7 Å². The van der Waals surface area contributed by atoms with Crippen LogP contribution in [-0.4, -0.2) is 22.7 Å². The molecule has 0 saturated heterocycles. The molecule has 0 fully saturated rings. The van der Waals surface area contributed by atoms with E-state index in [1.807, 2.05) is 6.92 Å². The van der Waals surface area contributed by atoms with Crippen molar-refractivity contribution in [2.24, 2.45) is 5.73 Å². The molecule has 0 spiro atoms. The maximum atomic E-state index is 11.1. The minimum absolute atomic E-state index is 0.0158. The number of rotatable bonds is 13. The van der Waals surface area contributed by atoms with Gasteiger partial charge in [0.15, 0.2) is 6.29 Å². The molecule has 1 amide bonds. The molecule has 0 bridgehead atoms. The summed E-state index contributed by atoms with van der Waals surface area (Å²) >= 11 is 0. The molecule has 0 radical (unpaired) electrons. The van der Waals surface area contributed by atoms with Crippen molar-refractivity contribution < 1.29 is 19.2 Å². The number of aldehydes is 1. The third-order valence-electron chi connectivity index (χ3n) is 4.37.